The summed E-state index contributed by atoms with van der Waals surface area (Å²) >= 11 is 14.1. The van der Waals surface area contributed by atoms with Crippen LogP contribution in [0.15, 0.2) is 24.3 Å². The first-order chi connectivity index (χ1) is 8.52. The average Bonchev–Trinajstić information content (AvgIpc) is 2.69. The van der Waals surface area contributed by atoms with Gasteiger partial charge < -0.3 is 4.74 Å². The highest BCUT2D eigenvalue weighted by atomic mass is 35.5. The van der Waals surface area contributed by atoms with E-state index in [0.717, 1.165) is 31.7 Å². The van der Waals surface area contributed by atoms with Crippen molar-refractivity contribution < 1.29 is 4.74 Å². The van der Waals surface area contributed by atoms with Crippen LogP contribution in [-0.2, 0) is 0 Å². The second-order valence-corrected chi connectivity index (χ2v) is 6.32. The summed E-state index contributed by atoms with van der Waals surface area (Å²) in [4.78, 5) is 1.06. The first-order valence-electron chi connectivity index (χ1n) is 5.57. The quantitative estimate of drug-likeness (QED) is 0.694. The van der Waals surface area contributed by atoms with Crippen LogP contribution < -0.4 is 4.74 Å². The van der Waals surface area contributed by atoms with Crippen molar-refractivity contribution in [1.29, 1.82) is 0 Å². The van der Waals surface area contributed by atoms with E-state index < -0.39 is 0 Å². The molecule has 0 radical (unpaired) electrons. The molecule has 2 rings (SSSR count). The summed E-state index contributed by atoms with van der Waals surface area (Å²) in [6, 6.07) is 8.07. The van der Waals surface area contributed by atoms with Gasteiger partial charge in [0, 0.05) is 4.88 Å². The topological polar surface area (TPSA) is 9.23 Å². The van der Waals surface area contributed by atoms with Crippen LogP contribution in [0.5, 0.6) is 5.75 Å². The molecule has 1 heterocycles. The first kappa shape index (κ1) is 13.7. The van der Waals surface area contributed by atoms with Crippen molar-refractivity contribution in [1.82, 2.24) is 0 Å². The summed E-state index contributed by atoms with van der Waals surface area (Å²) in [5, 5.41) is -0.185. The zero-order chi connectivity index (χ0) is 13.3. The molecule has 0 aliphatic carbocycles. The Kier molecular flexibility index (Phi) is 4.21. The summed E-state index contributed by atoms with van der Waals surface area (Å²) < 4.78 is 6.12. The lowest BCUT2D eigenvalue weighted by molar-refractivity contribution is 0.411. The lowest BCUT2D eigenvalue weighted by Crippen LogP contribution is -1.93. The Bertz CT molecular complexity index is 543. The summed E-state index contributed by atoms with van der Waals surface area (Å²) in [5.41, 5.74) is 3.20. The SMILES string of the molecule is COc1cc(C(Cl)c2cc(C)c(Cl)s2)ccc1C. The van der Waals surface area contributed by atoms with Crippen LogP contribution in [0.3, 0.4) is 0 Å². The Balaban J connectivity index is 2.36. The number of halogens is 2. The second-order valence-electron chi connectivity index (χ2n) is 4.20. The molecular weight excluding hydrogens is 287 g/mol. The summed E-state index contributed by atoms with van der Waals surface area (Å²) in [7, 11) is 1.67. The fraction of sp³-hybridized carbons (Fsp3) is 0.286. The van der Waals surface area contributed by atoms with Crippen LogP contribution in [0.1, 0.15) is 26.9 Å². The van der Waals surface area contributed by atoms with E-state index in [1.54, 1.807) is 7.11 Å². The molecule has 1 unspecified atom stereocenters. The summed E-state index contributed by atoms with van der Waals surface area (Å²) in [5.74, 6) is 0.859. The van der Waals surface area contributed by atoms with Gasteiger partial charge in [0.05, 0.1) is 16.8 Å². The Morgan fingerprint density at radius 3 is 2.44 bits per heavy atom. The normalized spacial score (nSPS) is 12.5. The molecule has 1 aromatic heterocycles. The van der Waals surface area contributed by atoms with Crippen LogP contribution in [0.4, 0.5) is 0 Å². The van der Waals surface area contributed by atoms with Crippen LogP contribution in [0, 0.1) is 13.8 Å². The molecule has 0 saturated carbocycles. The molecule has 0 aliphatic heterocycles. The Morgan fingerprint density at radius 1 is 1.17 bits per heavy atom. The fourth-order valence-corrected chi connectivity index (χ4v) is 3.32. The van der Waals surface area contributed by atoms with Crippen LogP contribution in [0.2, 0.25) is 4.34 Å². The van der Waals surface area contributed by atoms with Crippen LogP contribution in [-0.4, -0.2) is 7.11 Å². The predicted molar refractivity (Wildman–Crippen MR) is 79.5 cm³/mol. The van der Waals surface area contributed by atoms with Crippen molar-refractivity contribution in [3.8, 4) is 5.75 Å². The molecule has 0 spiro atoms. The maximum Gasteiger partial charge on any atom is 0.122 e. The van der Waals surface area contributed by atoms with Gasteiger partial charge in [0.2, 0.25) is 0 Å². The van der Waals surface area contributed by atoms with Gasteiger partial charge in [-0.15, -0.1) is 22.9 Å². The third-order valence-corrected chi connectivity index (χ3v) is 5.09. The molecule has 18 heavy (non-hydrogen) atoms. The van der Waals surface area contributed by atoms with Crippen LogP contribution >= 0.6 is 34.5 Å². The van der Waals surface area contributed by atoms with E-state index in [0.29, 0.717) is 0 Å². The number of hydrogen-bond acceptors (Lipinski definition) is 2. The highest BCUT2D eigenvalue weighted by molar-refractivity contribution is 7.16. The van der Waals surface area contributed by atoms with Gasteiger partial charge in [-0.25, -0.2) is 0 Å². The summed E-state index contributed by atoms with van der Waals surface area (Å²) in [6.45, 7) is 4.00. The molecule has 1 atom stereocenters. The van der Waals surface area contributed by atoms with Gasteiger partial charge in [0.15, 0.2) is 0 Å². The zero-order valence-corrected chi connectivity index (χ0v) is 12.8. The van der Waals surface area contributed by atoms with Crippen molar-refractivity contribution in [3.63, 3.8) is 0 Å². The van der Waals surface area contributed by atoms with E-state index in [-0.39, 0.29) is 5.38 Å². The van der Waals surface area contributed by atoms with Gasteiger partial charge in [-0.3, -0.25) is 0 Å². The molecular formula is C14H14Cl2OS. The molecule has 0 amide bonds. The van der Waals surface area contributed by atoms with E-state index in [1.165, 1.54) is 11.3 Å². The molecule has 1 aromatic carbocycles. The standard InChI is InChI=1S/C14H14Cl2OS/c1-8-4-5-10(7-11(8)17-3)13(15)12-6-9(2)14(16)18-12/h4-7,13H,1-3H3. The smallest absolute Gasteiger partial charge is 0.122 e. The number of methoxy groups -OCH3 is 1. The number of hydrogen-bond donors (Lipinski definition) is 0. The molecule has 0 aliphatic rings. The van der Waals surface area contributed by atoms with Gasteiger partial charge in [-0.05, 0) is 42.7 Å². The highest BCUT2D eigenvalue weighted by Gasteiger charge is 2.16. The number of thiophene rings is 1. The van der Waals surface area contributed by atoms with Crippen molar-refractivity contribution in [2.45, 2.75) is 19.2 Å². The van der Waals surface area contributed by atoms with Crippen molar-refractivity contribution in [2.24, 2.45) is 0 Å². The predicted octanol–water partition coefficient (Wildman–Crippen LogP) is 5.36. The summed E-state index contributed by atoms with van der Waals surface area (Å²) in [6.07, 6.45) is 0. The second kappa shape index (κ2) is 5.52. The monoisotopic (exact) mass is 300 g/mol. The molecule has 96 valence electrons. The molecule has 0 saturated heterocycles. The lowest BCUT2D eigenvalue weighted by Gasteiger charge is -2.11. The Morgan fingerprint density at radius 2 is 1.89 bits per heavy atom. The van der Waals surface area contributed by atoms with Crippen molar-refractivity contribution >= 4 is 34.5 Å². The third-order valence-electron chi connectivity index (χ3n) is 2.85. The van der Waals surface area contributed by atoms with E-state index in [2.05, 4.69) is 0 Å². The molecule has 4 heteroatoms. The number of alkyl halides is 1. The Hall–Kier alpha value is -0.700. The number of ether oxygens (including phenoxy) is 1. The molecule has 0 N–H and O–H groups in total. The van der Waals surface area contributed by atoms with Crippen molar-refractivity contribution in [2.75, 3.05) is 7.11 Å². The maximum absolute atomic E-state index is 6.49. The van der Waals surface area contributed by atoms with Gasteiger partial charge in [0.25, 0.3) is 0 Å². The lowest BCUT2D eigenvalue weighted by atomic mass is 10.1. The molecule has 1 nitrogen and oxygen atoms in total. The van der Waals surface area contributed by atoms with Crippen LogP contribution in [0.25, 0.3) is 0 Å². The minimum atomic E-state index is -0.185. The fourth-order valence-electron chi connectivity index (χ4n) is 1.77. The highest BCUT2D eigenvalue weighted by Crippen LogP contribution is 2.38. The van der Waals surface area contributed by atoms with E-state index in [4.69, 9.17) is 27.9 Å². The van der Waals surface area contributed by atoms with Crippen molar-refractivity contribution in [3.05, 3.63) is 50.2 Å². The van der Waals surface area contributed by atoms with Gasteiger partial charge in [-0.2, -0.15) is 0 Å². The first-order valence-corrected chi connectivity index (χ1v) is 7.20. The minimum absolute atomic E-state index is 0.185. The number of aryl methyl sites for hydroxylation is 2. The van der Waals surface area contributed by atoms with Gasteiger partial charge in [-0.1, -0.05) is 23.7 Å². The van der Waals surface area contributed by atoms with E-state index in [1.807, 2.05) is 38.1 Å². The maximum atomic E-state index is 6.49. The number of benzene rings is 1. The molecule has 2 aromatic rings. The molecule has 0 bridgehead atoms. The van der Waals surface area contributed by atoms with E-state index >= 15 is 0 Å². The van der Waals surface area contributed by atoms with Gasteiger partial charge in [0.1, 0.15) is 5.75 Å². The largest absolute Gasteiger partial charge is 0.496 e. The number of rotatable bonds is 3. The van der Waals surface area contributed by atoms with E-state index in [9.17, 15) is 0 Å². The van der Waals surface area contributed by atoms with Gasteiger partial charge >= 0.3 is 0 Å². The Labute approximate surface area is 121 Å². The average molecular weight is 301 g/mol. The zero-order valence-electron chi connectivity index (χ0n) is 10.5. The molecule has 0 fully saturated rings. The minimum Gasteiger partial charge on any atom is -0.496 e. The third kappa shape index (κ3) is 2.66.